The molecular weight excluding hydrogens is 307 g/mol. The molecule has 0 N–H and O–H groups in total. The van der Waals surface area contributed by atoms with E-state index in [0.717, 1.165) is 19.4 Å². The molecule has 102 valence electrons. The van der Waals surface area contributed by atoms with Gasteiger partial charge in [0.05, 0.1) is 15.7 Å². The number of nitriles is 1. The molecule has 1 aromatic carbocycles. The SMILES string of the molecule is CCN(c1ccc(C#N)c(Br)c1F)C1CCCCC1. The van der Waals surface area contributed by atoms with Crippen molar-refractivity contribution in [2.45, 2.75) is 45.1 Å². The third-order valence-corrected chi connectivity index (χ3v) is 4.62. The third-order valence-electron chi connectivity index (χ3n) is 3.85. The number of hydrogen-bond donors (Lipinski definition) is 0. The van der Waals surface area contributed by atoms with Crippen LogP contribution in [-0.2, 0) is 0 Å². The zero-order valence-electron chi connectivity index (χ0n) is 11.1. The first-order valence-corrected chi connectivity index (χ1v) is 7.63. The maximum Gasteiger partial charge on any atom is 0.161 e. The number of rotatable bonds is 3. The Kier molecular flexibility index (Phi) is 4.81. The maximum atomic E-state index is 14.4. The van der Waals surface area contributed by atoms with Crippen molar-refractivity contribution in [3.05, 3.63) is 28.0 Å². The molecular formula is C15H18BrFN2. The van der Waals surface area contributed by atoms with Gasteiger partial charge in [-0.25, -0.2) is 4.39 Å². The lowest BCUT2D eigenvalue weighted by Crippen LogP contribution is -2.37. The lowest BCUT2D eigenvalue weighted by Gasteiger charge is -2.35. The summed E-state index contributed by atoms with van der Waals surface area (Å²) >= 11 is 3.19. The standard InChI is InChI=1S/C15H18BrFN2/c1-2-19(12-6-4-3-5-7-12)13-9-8-11(10-18)14(16)15(13)17/h8-9,12H,2-7H2,1H3. The quantitative estimate of drug-likeness (QED) is 0.811. The summed E-state index contributed by atoms with van der Waals surface area (Å²) in [5.74, 6) is -0.313. The number of benzene rings is 1. The smallest absolute Gasteiger partial charge is 0.161 e. The summed E-state index contributed by atoms with van der Waals surface area (Å²) < 4.78 is 14.7. The summed E-state index contributed by atoms with van der Waals surface area (Å²) in [6.45, 7) is 2.85. The highest BCUT2D eigenvalue weighted by molar-refractivity contribution is 9.10. The molecule has 1 saturated carbocycles. The zero-order chi connectivity index (χ0) is 13.8. The van der Waals surface area contributed by atoms with Gasteiger partial charge in [0.15, 0.2) is 5.82 Å². The van der Waals surface area contributed by atoms with Gasteiger partial charge in [0.2, 0.25) is 0 Å². The minimum Gasteiger partial charge on any atom is -0.366 e. The molecule has 1 fully saturated rings. The van der Waals surface area contributed by atoms with Crippen molar-refractivity contribution in [3.63, 3.8) is 0 Å². The number of nitrogens with zero attached hydrogens (tertiary/aromatic N) is 2. The van der Waals surface area contributed by atoms with Crippen LogP contribution < -0.4 is 4.90 Å². The van der Waals surface area contributed by atoms with Crippen LogP contribution in [-0.4, -0.2) is 12.6 Å². The molecule has 2 nitrogen and oxygen atoms in total. The predicted molar refractivity (Wildman–Crippen MR) is 78.7 cm³/mol. The zero-order valence-corrected chi connectivity index (χ0v) is 12.7. The minimum atomic E-state index is -0.313. The summed E-state index contributed by atoms with van der Waals surface area (Å²) in [5, 5.41) is 8.92. The van der Waals surface area contributed by atoms with Crippen LogP contribution >= 0.6 is 15.9 Å². The average molecular weight is 325 g/mol. The van der Waals surface area contributed by atoms with E-state index in [0.29, 0.717) is 17.3 Å². The van der Waals surface area contributed by atoms with E-state index < -0.39 is 0 Å². The summed E-state index contributed by atoms with van der Waals surface area (Å²) in [5.41, 5.74) is 0.959. The molecule has 0 bridgehead atoms. The first-order valence-electron chi connectivity index (χ1n) is 6.83. The van der Waals surface area contributed by atoms with Crippen molar-refractivity contribution in [1.82, 2.24) is 0 Å². The van der Waals surface area contributed by atoms with Gasteiger partial charge in [0, 0.05) is 12.6 Å². The first kappa shape index (κ1) is 14.3. The van der Waals surface area contributed by atoms with Crippen LogP contribution in [0.5, 0.6) is 0 Å². The Morgan fingerprint density at radius 2 is 2.05 bits per heavy atom. The van der Waals surface area contributed by atoms with Gasteiger partial charge < -0.3 is 4.90 Å². The van der Waals surface area contributed by atoms with Crippen molar-refractivity contribution in [3.8, 4) is 6.07 Å². The second-order valence-electron chi connectivity index (χ2n) is 4.95. The van der Waals surface area contributed by atoms with Crippen molar-refractivity contribution in [2.75, 3.05) is 11.4 Å². The Morgan fingerprint density at radius 1 is 1.37 bits per heavy atom. The van der Waals surface area contributed by atoms with Crippen molar-refractivity contribution < 1.29 is 4.39 Å². The fourth-order valence-electron chi connectivity index (χ4n) is 2.87. The van der Waals surface area contributed by atoms with E-state index in [4.69, 9.17) is 5.26 Å². The molecule has 1 aromatic rings. The second-order valence-corrected chi connectivity index (χ2v) is 5.74. The predicted octanol–water partition coefficient (Wildman–Crippen LogP) is 4.62. The van der Waals surface area contributed by atoms with E-state index in [9.17, 15) is 4.39 Å². The molecule has 0 spiro atoms. The minimum absolute atomic E-state index is 0.279. The first-order chi connectivity index (χ1) is 9.19. The Morgan fingerprint density at radius 3 is 2.63 bits per heavy atom. The Balaban J connectivity index is 2.33. The van der Waals surface area contributed by atoms with Gasteiger partial charge in [-0.2, -0.15) is 5.26 Å². The van der Waals surface area contributed by atoms with Crippen molar-refractivity contribution in [2.24, 2.45) is 0 Å². The second kappa shape index (κ2) is 6.38. The van der Waals surface area contributed by atoms with E-state index in [2.05, 4.69) is 27.8 Å². The van der Waals surface area contributed by atoms with Gasteiger partial charge >= 0.3 is 0 Å². The molecule has 4 heteroatoms. The van der Waals surface area contributed by atoms with E-state index in [-0.39, 0.29) is 10.3 Å². The van der Waals surface area contributed by atoms with Gasteiger partial charge in [0.25, 0.3) is 0 Å². The van der Waals surface area contributed by atoms with Crippen LogP contribution in [0, 0.1) is 17.1 Å². The van der Waals surface area contributed by atoms with E-state index >= 15 is 0 Å². The van der Waals surface area contributed by atoms with Crippen LogP contribution in [0.4, 0.5) is 10.1 Å². The lowest BCUT2D eigenvalue weighted by molar-refractivity contribution is 0.414. The molecule has 19 heavy (non-hydrogen) atoms. The Hall–Kier alpha value is -1.08. The maximum absolute atomic E-state index is 14.4. The fraction of sp³-hybridized carbons (Fsp3) is 0.533. The summed E-state index contributed by atoms with van der Waals surface area (Å²) in [7, 11) is 0. The fourth-order valence-corrected chi connectivity index (χ4v) is 3.29. The number of halogens is 2. The summed E-state index contributed by atoms with van der Waals surface area (Å²) in [6, 6.07) is 5.84. The van der Waals surface area contributed by atoms with Crippen molar-refractivity contribution >= 4 is 21.6 Å². The molecule has 0 unspecified atom stereocenters. The van der Waals surface area contributed by atoms with Crippen LogP contribution in [0.1, 0.15) is 44.6 Å². The van der Waals surface area contributed by atoms with Crippen LogP contribution in [0.2, 0.25) is 0 Å². The van der Waals surface area contributed by atoms with E-state index in [1.165, 1.54) is 19.3 Å². The normalized spacial score (nSPS) is 16.1. The molecule has 2 rings (SSSR count). The van der Waals surface area contributed by atoms with Gasteiger partial charge in [-0.3, -0.25) is 0 Å². The Labute approximate surface area is 122 Å². The number of anilines is 1. The monoisotopic (exact) mass is 324 g/mol. The lowest BCUT2D eigenvalue weighted by atomic mass is 9.93. The van der Waals surface area contributed by atoms with E-state index in [1.54, 1.807) is 12.1 Å². The molecule has 0 aliphatic heterocycles. The Bertz CT molecular complexity index is 490. The molecule has 0 atom stereocenters. The molecule has 0 amide bonds. The molecule has 0 aromatic heterocycles. The number of hydrogen-bond acceptors (Lipinski definition) is 2. The highest BCUT2D eigenvalue weighted by Gasteiger charge is 2.23. The molecule has 1 aliphatic rings. The largest absolute Gasteiger partial charge is 0.366 e. The topological polar surface area (TPSA) is 27.0 Å². The highest BCUT2D eigenvalue weighted by Crippen LogP contribution is 2.33. The highest BCUT2D eigenvalue weighted by atomic mass is 79.9. The van der Waals surface area contributed by atoms with Crippen LogP contribution in [0.15, 0.2) is 16.6 Å². The molecule has 1 aliphatic carbocycles. The molecule has 0 radical (unpaired) electrons. The third kappa shape index (κ3) is 2.92. The van der Waals surface area contributed by atoms with Gasteiger partial charge in [-0.15, -0.1) is 0 Å². The summed E-state index contributed by atoms with van der Waals surface area (Å²) in [4.78, 5) is 2.14. The average Bonchev–Trinajstić information content (AvgIpc) is 2.45. The molecule has 0 heterocycles. The van der Waals surface area contributed by atoms with Gasteiger partial charge in [-0.05, 0) is 47.8 Å². The van der Waals surface area contributed by atoms with E-state index in [1.807, 2.05) is 6.07 Å². The molecule has 0 saturated heterocycles. The van der Waals surface area contributed by atoms with Crippen molar-refractivity contribution in [1.29, 1.82) is 5.26 Å². The summed E-state index contributed by atoms with van der Waals surface area (Å²) in [6.07, 6.45) is 5.99. The van der Waals surface area contributed by atoms with Gasteiger partial charge in [-0.1, -0.05) is 19.3 Å². The van der Waals surface area contributed by atoms with Crippen LogP contribution in [0.25, 0.3) is 0 Å². The van der Waals surface area contributed by atoms with Crippen LogP contribution in [0.3, 0.4) is 0 Å². The van der Waals surface area contributed by atoms with Gasteiger partial charge in [0.1, 0.15) is 6.07 Å².